The Labute approximate surface area is 189 Å². The van der Waals surface area contributed by atoms with Gasteiger partial charge in [-0.1, -0.05) is 48.0 Å². The maximum Gasteiger partial charge on any atom is 0.191 e. The van der Waals surface area contributed by atoms with Gasteiger partial charge >= 0.3 is 0 Å². The van der Waals surface area contributed by atoms with Crippen molar-refractivity contribution in [3.05, 3.63) is 59.1 Å². The van der Waals surface area contributed by atoms with E-state index in [0.717, 1.165) is 16.7 Å². The first-order valence-electron chi connectivity index (χ1n) is 8.77. The highest BCUT2D eigenvalue weighted by atomic mass is 127. The second kappa shape index (κ2) is 11.6. The van der Waals surface area contributed by atoms with E-state index in [1.54, 1.807) is 7.05 Å². The van der Waals surface area contributed by atoms with Crippen LogP contribution >= 0.6 is 35.6 Å². The predicted octanol–water partition coefficient (Wildman–Crippen LogP) is 4.11. The van der Waals surface area contributed by atoms with Gasteiger partial charge in [-0.3, -0.25) is 4.99 Å². The van der Waals surface area contributed by atoms with Crippen LogP contribution in [0.5, 0.6) is 0 Å². The quantitative estimate of drug-likeness (QED) is 0.318. The summed E-state index contributed by atoms with van der Waals surface area (Å²) in [6.07, 6.45) is 1.78. The second-order valence-corrected chi connectivity index (χ2v) is 9.25. The van der Waals surface area contributed by atoms with Gasteiger partial charge in [0.1, 0.15) is 9.84 Å². The Morgan fingerprint density at radius 3 is 2.39 bits per heavy atom. The number of rotatable bonds is 7. The fraction of sp³-hybridized carbons (Fsp3) is 0.350. The average Bonchev–Trinajstić information content (AvgIpc) is 2.64. The summed E-state index contributed by atoms with van der Waals surface area (Å²) in [5, 5.41) is 7.24. The molecule has 1 unspecified atom stereocenters. The summed E-state index contributed by atoms with van der Waals surface area (Å²) in [4.78, 5) is 4.23. The number of nitrogens with zero attached hydrogens (tertiary/aromatic N) is 1. The topological polar surface area (TPSA) is 70.6 Å². The van der Waals surface area contributed by atoms with Crippen LogP contribution in [0.1, 0.15) is 18.9 Å². The molecule has 0 amide bonds. The van der Waals surface area contributed by atoms with E-state index in [9.17, 15) is 8.42 Å². The maximum absolute atomic E-state index is 11.3. The summed E-state index contributed by atoms with van der Waals surface area (Å²) in [6.45, 7) is 2.54. The number of halogens is 2. The Morgan fingerprint density at radius 1 is 1.14 bits per heavy atom. The molecule has 0 radical (unpaired) electrons. The van der Waals surface area contributed by atoms with E-state index in [-0.39, 0.29) is 35.8 Å². The summed E-state index contributed by atoms with van der Waals surface area (Å²) in [6, 6.07) is 15.9. The van der Waals surface area contributed by atoms with Crippen LogP contribution in [0.3, 0.4) is 0 Å². The molecule has 154 valence electrons. The molecule has 1 atom stereocenters. The Bertz CT molecular complexity index is 887. The monoisotopic (exact) mass is 535 g/mol. The lowest BCUT2D eigenvalue weighted by atomic mass is 10.00. The van der Waals surface area contributed by atoms with E-state index < -0.39 is 9.84 Å². The molecule has 2 aromatic carbocycles. The van der Waals surface area contributed by atoms with Gasteiger partial charge in [0, 0.05) is 30.9 Å². The molecule has 0 fully saturated rings. The number of sulfone groups is 1. The molecular formula is C20H27ClIN3O2S. The average molecular weight is 536 g/mol. The van der Waals surface area contributed by atoms with E-state index in [4.69, 9.17) is 11.6 Å². The van der Waals surface area contributed by atoms with Gasteiger partial charge in [0.2, 0.25) is 0 Å². The molecule has 2 rings (SSSR count). The van der Waals surface area contributed by atoms with Crippen molar-refractivity contribution in [2.45, 2.75) is 25.9 Å². The Hall–Kier alpha value is -1.32. The predicted molar refractivity (Wildman–Crippen MR) is 129 cm³/mol. The first kappa shape index (κ1) is 24.7. The van der Waals surface area contributed by atoms with Crippen LogP contribution in [0, 0.1) is 0 Å². The molecule has 0 saturated carbocycles. The largest absolute Gasteiger partial charge is 0.354 e. The second-order valence-electron chi connectivity index (χ2n) is 6.55. The Balaban J connectivity index is 0.00000392. The maximum atomic E-state index is 11.3. The first-order chi connectivity index (χ1) is 12.8. The van der Waals surface area contributed by atoms with E-state index in [2.05, 4.69) is 27.8 Å². The minimum absolute atomic E-state index is 0. The number of guanidine groups is 1. The highest BCUT2D eigenvalue weighted by Crippen LogP contribution is 2.25. The molecule has 0 aliphatic carbocycles. The van der Waals surface area contributed by atoms with Crippen molar-refractivity contribution in [2.24, 2.45) is 4.99 Å². The third kappa shape index (κ3) is 8.36. The van der Waals surface area contributed by atoms with Crippen LogP contribution in [0.15, 0.2) is 53.5 Å². The molecule has 5 nitrogen and oxygen atoms in total. The molecule has 0 aromatic heterocycles. The SMILES string of the molecule is CN=C(NCc1ccccc1-c1ccc(Cl)cc1)NC(C)CCS(C)(=O)=O.I. The lowest BCUT2D eigenvalue weighted by molar-refractivity contribution is 0.581. The molecule has 0 heterocycles. The van der Waals surface area contributed by atoms with Crippen LogP contribution < -0.4 is 10.6 Å². The zero-order valence-electron chi connectivity index (χ0n) is 16.3. The summed E-state index contributed by atoms with van der Waals surface area (Å²) in [5.41, 5.74) is 3.36. The van der Waals surface area contributed by atoms with Gasteiger partial charge in [-0.15, -0.1) is 24.0 Å². The van der Waals surface area contributed by atoms with Crippen molar-refractivity contribution in [3.8, 4) is 11.1 Å². The van der Waals surface area contributed by atoms with Crippen molar-refractivity contribution in [2.75, 3.05) is 19.1 Å². The Morgan fingerprint density at radius 2 is 1.79 bits per heavy atom. The molecule has 0 spiro atoms. The van der Waals surface area contributed by atoms with Crippen LogP contribution in [0.4, 0.5) is 0 Å². The zero-order valence-corrected chi connectivity index (χ0v) is 20.2. The summed E-state index contributed by atoms with van der Waals surface area (Å²) < 4.78 is 22.6. The number of benzene rings is 2. The summed E-state index contributed by atoms with van der Waals surface area (Å²) in [5.74, 6) is 0.791. The van der Waals surface area contributed by atoms with Crippen molar-refractivity contribution in [1.82, 2.24) is 10.6 Å². The van der Waals surface area contributed by atoms with E-state index >= 15 is 0 Å². The van der Waals surface area contributed by atoms with Crippen LogP contribution in [-0.4, -0.2) is 39.5 Å². The fourth-order valence-electron chi connectivity index (χ4n) is 2.66. The summed E-state index contributed by atoms with van der Waals surface area (Å²) >= 11 is 5.99. The van der Waals surface area contributed by atoms with Gasteiger partial charge in [-0.2, -0.15) is 0 Å². The standard InChI is InChI=1S/C20H26ClN3O2S.HI/c1-15(12-13-27(3,25)26)24-20(22-2)23-14-17-6-4-5-7-19(17)16-8-10-18(21)11-9-16;/h4-11,15H,12-14H2,1-3H3,(H2,22,23,24);1H. The molecule has 0 aliphatic heterocycles. The minimum atomic E-state index is -2.97. The van der Waals surface area contributed by atoms with Crippen molar-refractivity contribution in [3.63, 3.8) is 0 Å². The molecule has 2 aromatic rings. The molecule has 2 N–H and O–H groups in total. The van der Waals surface area contributed by atoms with Gasteiger partial charge in [-0.25, -0.2) is 8.42 Å². The number of aliphatic imine (C=N–C) groups is 1. The van der Waals surface area contributed by atoms with E-state index in [0.29, 0.717) is 23.9 Å². The number of nitrogens with one attached hydrogen (secondary N) is 2. The number of hydrogen-bond donors (Lipinski definition) is 2. The molecular weight excluding hydrogens is 509 g/mol. The van der Waals surface area contributed by atoms with Crippen molar-refractivity contribution < 1.29 is 8.42 Å². The van der Waals surface area contributed by atoms with Gasteiger partial charge in [0.05, 0.1) is 5.75 Å². The van der Waals surface area contributed by atoms with Crippen molar-refractivity contribution in [1.29, 1.82) is 0 Å². The van der Waals surface area contributed by atoms with Crippen molar-refractivity contribution >= 4 is 51.4 Å². The van der Waals surface area contributed by atoms with Crippen LogP contribution in [-0.2, 0) is 16.4 Å². The third-order valence-electron chi connectivity index (χ3n) is 4.15. The minimum Gasteiger partial charge on any atom is -0.354 e. The highest BCUT2D eigenvalue weighted by Gasteiger charge is 2.10. The fourth-order valence-corrected chi connectivity index (χ4v) is 3.56. The zero-order chi connectivity index (χ0) is 19.9. The van der Waals surface area contributed by atoms with E-state index in [1.807, 2.05) is 43.3 Å². The smallest absolute Gasteiger partial charge is 0.191 e. The van der Waals surface area contributed by atoms with Gasteiger partial charge in [0.25, 0.3) is 0 Å². The normalized spacial score (nSPS) is 12.8. The molecule has 0 saturated heterocycles. The molecule has 28 heavy (non-hydrogen) atoms. The molecule has 8 heteroatoms. The van der Waals surface area contributed by atoms with Gasteiger partial charge < -0.3 is 10.6 Å². The third-order valence-corrected chi connectivity index (χ3v) is 5.38. The lowest BCUT2D eigenvalue weighted by Gasteiger charge is -2.18. The Kier molecular flexibility index (Phi) is 10.3. The van der Waals surface area contributed by atoms with E-state index in [1.165, 1.54) is 6.26 Å². The molecule has 0 bridgehead atoms. The first-order valence-corrected chi connectivity index (χ1v) is 11.2. The highest BCUT2D eigenvalue weighted by molar-refractivity contribution is 14.0. The lowest BCUT2D eigenvalue weighted by Crippen LogP contribution is -2.42. The van der Waals surface area contributed by atoms with Crippen LogP contribution in [0.2, 0.25) is 5.02 Å². The molecule has 0 aliphatic rings. The van der Waals surface area contributed by atoms with Gasteiger partial charge in [0.15, 0.2) is 5.96 Å². The van der Waals surface area contributed by atoms with Crippen LogP contribution in [0.25, 0.3) is 11.1 Å². The summed E-state index contributed by atoms with van der Waals surface area (Å²) in [7, 11) is -1.27. The van der Waals surface area contributed by atoms with Gasteiger partial charge in [-0.05, 0) is 42.2 Å². The number of hydrogen-bond acceptors (Lipinski definition) is 3.